The summed E-state index contributed by atoms with van der Waals surface area (Å²) in [4.78, 5) is 22.5. The molecule has 0 spiro atoms. The first kappa shape index (κ1) is 17.7. The smallest absolute Gasteiger partial charge is 0.269 e. The van der Waals surface area contributed by atoms with Crippen molar-refractivity contribution < 1.29 is 19.2 Å². The highest BCUT2D eigenvalue weighted by atomic mass is 16.6. The minimum Gasteiger partial charge on any atom is -0.483 e. The molecule has 0 saturated carbocycles. The number of amides is 1. The highest BCUT2D eigenvalue weighted by Gasteiger charge is 2.32. The van der Waals surface area contributed by atoms with Gasteiger partial charge in [0.05, 0.1) is 4.92 Å². The summed E-state index contributed by atoms with van der Waals surface area (Å²) in [5.74, 6) is 0.859. The van der Waals surface area contributed by atoms with E-state index in [-0.39, 0.29) is 23.8 Å². The Bertz CT molecular complexity index is 876. The molecule has 7 heteroatoms. The summed E-state index contributed by atoms with van der Waals surface area (Å²) in [5.41, 5.74) is 1.87. The van der Waals surface area contributed by atoms with Crippen LogP contribution in [0.2, 0.25) is 0 Å². The molecule has 1 N–H and O–H groups in total. The fraction of sp³-hybridized carbons (Fsp3) is 0.316. The van der Waals surface area contributed by atoms with Crippen LogP contribution in [0.1, 0.15) is 25.0 Å². The van der Waals surface area contributed by atoms with Crippen molar-refractivity contribution in [3.8, 4) is 11.5 Å². The van der Waals surface area contributed by atoms with Gasteiger partial charge in [-0.15, -0.1) is 0 Å². The SMILES string of the molecule is Cc1cc([N+](=O)[O-])ccc1NC(=O)COc1cccc2c1OC(C)(C)C2. The molecule has 2 aromatic carbocycles. The number of nitrogens with zero attached hydrogens (tertiary/aromatic N) is 1. The molecule has 1 heterocycles. The minimum atomic E-state index is -0.473. The quantitative estimate of drug-likeness (QED) is 0.652. The fourth-order valence-corrected chi connectivity index (χ4v) is 2.93. The van der Waals surface area contributed by atoms with E-state index in [0.29, 0.717) is 22.7 Å². The molecule has 1 aliphatic heterocycles. The predicted octanol–water partition coefficient (Wildman–Crippen LogP) is 3.63. The zero-order valence-electron chi connectivity index (χ0n) is 14.9. The van der Waals surface area contributed by atoms with Gasteiger partial charge in [-0.3, -0.25) is 14.9 Å². The first-order valence-corrected chi connectivity index (χ1v) is 8.24. The molecule has 1 amide bonds. The average Bonchev–Trinajstić information content (AvgIpc) is 2.89. The Morgan fingerprint density at radius 3 is 2.81 bits per heavy atom. The van der Waals surface area contributed by atoms with E-state index in [4.69, 9.17) is 9.47 Å². The van der Waals surface area contributed by atoms with Crippen LogP contribution in [0, 0.1) is 17.0 Å². The number of rotatable bonds is 5. The molecule has 0 fully saturated rings. The molecule has 0 bridgehead atoms. The van der Waals surface area contributed by atoms with Crippen LogP contribution < -0.4 is 14.8 Å². The summed E-state index contributed by atoms with van der Waals surface area (Å²) in [6.45, 7) is 5.52. The van der Waals surface area contributed by atoms with Gasteiger partial charge in [-0.25, -0.2) is 0 Å². The Labute approximate surface area is 151 Å². The van der Waals surface area contributed by atoms with Crippen molar-refractivity contribution in [1.82, 2.24) is 0 Å². The van der Waals surface area contributed by atoms with E-state index in [1.165, 1.54) is 18.2 Å². The molecule has 136 valence electrons. The van der Waals surface area contributed by atoms with Crippen LogP contribution in [-0.4, -0.2) is 23.0 Å². The zero-order valence-corrected chi connectivity index (χ0v) is 14.9. The number of hydrogen-bond acceptors (Lipinski definition) is 5. The largest absolute Gasteiger partial charge is 0.483 e. The van der Waals surface area contributed by atoms with Crippen LogP contribution in [0.25, 0.3) is 0 Å². The van der Waals surface area contributed by atoms with Gasteiger partial charge in [0, 0.05) is 29.8 Å². The van der Waals surface area contributed by atoms with Gasteiger partial charge < -0.3 is 14.8 Å². The Hall–Kier alpha value is -3.09. The lowest BCUT2D eigenvalue weighted by atomic mass is 10.0. The van der Waals surface area contributed by atoms with Crippen LogP contribution in [0.3, 0.4) is 0 Å². The number of hydrogen-bond donors (Lipinski definition) is 1. The Balaban J connectivity index is 1.64. The van der Waals surface area contributed by atoms with Crippen LogP contribution >= 0.6 is 0 Å². The van der Waals surface area contributed by atoms with E-state index in [0.717, 1.165) is 12.0 Å². The van der Waals surface area contributed by atoms with Crippen LogP contribution in [0.4, 0.5) is 11.4 Å². The number of non-ortho nitro benzene ring substituents is 1. The molecule has 0 radical (unpaired) electrons. The first-order chi connectivity index (χ1) is 12.2. The molecule has 1 aliphatic rings. The number of para-hydroxylation sites is 1. The third-order valence-corrected chi connectivity index (χ3v) is 4.11. The van der Waals surface area contributed by atoms with E-state index < -0.39 is 4.92 Å². The number of anilines is 1. The Morgan fingerprint density at radius 2 is 2.12 bits per heavy atom. The predicted molar refractivity (Wildman–Crippen MR) is 96.8 cm³/mol. The number of aryl methyl sites for hydroxylation is 1. The van der Waals surface area contributed by atoms with Gasteiger partial charge in [0.2, 0.25) is 0 Å². The average molecular weight is 356 g/mol. The lowest BCUT2D eigenvalue weighted by Gasteiger charge is -2.18. The van der Waals surface area contributed by atoms with Crippen molar-refractivity contribution in [2.75, 3.05) is 11.9 Å². The molecule has 7 nitrogen and oxygen atoms in total. The maximum atomic E-state index is 12.2. The van der Waals surface area contributed by atoms with Crippen molar-refractivity contribution >= 4 is 17.3 Å². The monoisotopic (exact) mass is 356 g/mol. The van der Waals surface area contributed by atoms with Gasteiger partial charge in [0.25, 0.3) is 11.6 Å². The van der Waals surface area contributed by atoms with Gasteiger partial charge >= 0.3 is 0 Å². The zero-order chi connectivity index (χ0) is 18.9. The fourth-order valence-electron chi connectivity index (χ4n) is 2.93. The normalized spacial score (nSPS) is 14.3. The van der Waals surface area contributed by atoms with Gasteiger partial charge in [-0.2, -0.15) is 0 Å². The summed E-state index contributed by atoms with van der Waals surface area (Å²) >= 11 is 0. The molecule has 0 unspecified atom stereocenters. The van der Waals surface area contributed by atoms with Crippen LogP contribution in [-0.2, 0) is 11.2 Å². The highest BCUT2D eigenvalue weighted by Crippen LogP contribution is 2.41. The second-order valence-electron chi connectivity index (χ2n) is 6.88. The topological polar surface area (TPSA) is 90.7 Å². The molecular formula is C19H20N2O5. The van der Waals surface area contributed by atoms with Crippen molar-refractivity contribution in [2.45, 2.75) is 32.8 Å². The van der Waals surface area contributed by atoms with Crippen molar-refractivity contribution in [1.29, 1.82) is 0 Å². The molecule has 2 aromatic rings. The van der Waals surface area contributed by atoms with E-state index in [1.54, 1.807) is 13.0 Å². The van der Waals surface area contributed by atoms with Crippen LogP contribution in [0.5, 0.6) is 11.5 Å². The number of ether oxygens (including phenoxy) is 2. The number of nitrogens with one attached hydrogen (secondary N) is 1. The van der Waals surface area contributed by atoms with Gasteiger partial charge in [-0.05, 0) is 38.5 Å². The summed E-state index contributed by atoms with van der Waals surface area (Å²) in [6, 6.07) is 9.90. The minimum absolute atomic E-state index is 0.0173. The lowest BCUT2D eigenvalue weighted by Crippen LogP contribution is -2.25. The van der Waals surface area contributed by atoms with Crippen molar-refractivity contribution in [3.63, 3.8) is 0 Å². The van der Waals surface area contributed by atoms with Gasteiger partial charge in [-0.1, -0.05) is 12.1 Å². The highest BCUT2D eigenvalue weighted by molar-refractivity contribution is 5.92. The third-order valence-electron chi connectivity index (χ3n) is 4.11. The van der Waals surface area contributed by atoms with Gasteiger partial charge in [0.15, 0.2) is 18.1 Å². The van der Waals surface area contributed by atoms with E-state index >= 15 is 0 Å². The molecule has 3 rings (SSSR count). The molecular weight excluding hydrogens is 336 g/mol. The number of nitro benzene ring substituents is 1. The molecule has 0 saturated heterocycles. The number of nitro groups is 1. The maximum absolute atomic E-state index is 12.2. The van der Waals surface area contributed by atoms with Crippen molar-refractivity contribution in [3.05, 3.63) is 57.6 Å². The number of benzene rings is 2. The summed E-state index contributed by atoms with van der Waals surface area (Å²) < 4.78 is 11.5. The summed E-state index contributed by atoms with van der Waals surface area (Å²) in [7, 11) is 0. The van der Waals surface area contributed by atoms with E-state index in [9.17, 15) is 14.9 Å². The number of carbonyl (C=O) groups excluding carboxylic acids is 1. The summed E-state index contributed by atoms with van der Waals surface area (Å²) in [5, 5.41) is 13.5. The third kappa shape index (κ3) is 3.77. The molecule has 0 aromatic heterocycles. The molecule has 26 heavy (non-hydrogen) atoms. The Kier molecular flexibility index (Phi) is 4.54. The number of carbonyl (C=O) groups is 1. The van der Waals surface area contributed by atoms with Crippen molar-refractivity contribution in [2.24, 2.45) is 0 Å². The second-order valence-corrected chi connectivity index (χ2v) is 6.88. The second kappa shape index (κ2) is 6.67. The molecule has 0 atom stereocenters. The summed E-state index contributed by atoms with van der Waals surface area (Å²) in [6.07, 6.45) is 0.785. The Morgan fingerprint density at radius 1 is 1.35 bits per heavy atom. The van der Waals surface area contributed by atoms with E-state index in [2.05, 4.69) is 5.32 Å². The molecule has 0 aliphatic carbocycles. The number of fused-ring (bicyclic) bond motifs is 1. The lowest BCUT2D eigenvalue weighted by molar-refractivity contribution is -0.384. The first-order valence-electron chi connectivity index (χ1n) is 8.24. The standard InChI is InChI=1S/C19H20N2O5/c1-12-9-14(21(23)24)7-8-15(12)20-17(22)11-25-16-6-4-5-13-10-19(2,3)26-18(13)16/h4-9H,10-11H2,1-3H3,(H,20,22). The maximum Gasteiger partial charge on any atom is 0.269 e. The van der Waals surface area contributed by atoms with E-state index in [1.807, 2.05) is 26.0 Å². The van der Waals surface area contributed by atoms with Gasteiger partial charge in [0.1, 0.15) is 5.60 Å². The van der Waals surface area contributed by atoms with Crippen LogP contribution in [0.15, 0.2) is 36.4 Å².